The SMILES string of the molecule is COc1ccc(N([C@H](C)C(=O)N/N=C\c2cc(C)n(-c3cccc(Cl)c3Cl)c2C)S(C)(=O)=O)cc1. The lowest BCUT2D eigenvalue weighted by Gasteiger charge is -2.27. The standard InChI is InChI=1S/C24H26Cl2N4O4S/c1-15-13-18(16(2)29(15)22-8-6-7-21(25)23(22)26)14-27-28-24(31)17(3)30(35(5,32)33)19-9-11-20(34-4)12-10-19/h6-14,17H,1-5H3,(H,28,31)/b27-14-/t17-/m1/s1. The highest BCUT2D eigenvalue weighted by Gasteiger charge is 2.29. The molecule has 0 saturated carbocycles. The molecule has 11 heteroatoms. The van der Waals surface area contributed by atoms with E-state index in [2.05, 4.69) is 10.5 Å². The van der Waals surface area contributed by atoms with Crippen molar-refractivity contribution in [2.45, 2.75) is 26.8 Å². The van der Waals surface area contributed by atoms with Gasteiger partial charge in [-0.2, -0.15) is 5.10 Å². The van der Waals surface area contributed by atoms with Gasteiger partial charge in [0.1, 0.15) is 11.8 Å². The predicted octanol–water partition coefficient (Wildman–Crippen LogP) is 4.71. The minimum atomic E-state index is -3.75. The Morgan fingerprint density at radius 2 is 1.83 bits per heavy atom. The van der Waals surface area contributed by atoms with Crippen LogP contribution in [0.3, 0.4) is 0 Å². The zero-order valence-corrected chi connectivity index (χ0v) is 22.2. The first-order chi connectivity index (χ1) is 16.5. The number of rotatable bonds is 8. The lowest BCUT2D eigenvalue weighted by atomic mass is 10.2. The van der Waals surface area contributed by atoms with Gasteiger partial charge in [-0.3, -0.25) is 9.10 Å². The van der Waals surface area contributed by atoms with Gasteiger partial charge in [-0.1, -0.05) is 29.3 Å². The molecule has 3 rings (SSSR count). The van der Waals surface area contributed by atoms with Crippen molar-refractivity contribution in [1.82, 2.24) is 9.99 Å². The van der Waals surface area contributed by atoms with Crippen LogP contribution in [0.1, 0.15) is 23.9 Å². The molecule has 8 nitrogen and oxygen atoms in total. The molecule has 0 unspecified atom stereocenters. The Hall–Kier alpha value is -3.01. The van der Waals surface area contributed by atoms with E-state index in [1.807, 2.05) is 36.6 Å². The van der Waals surface area contributed by atoms with Crippen LogP contribution in [-0.2, 0) is 14.8 Å². The number of ether oxygens (including phenoxy) is 1. The van der Waals surface area contributed by atoms with E-state index in [-0.39, 0.29) is 0 Å². The molecule has 0 spiro atoms. The van der Waals surface area contributed by atoms with Crippen molar-refractivity contribution in [3.63, 3.8) is 0 Å². The van der Waals surface area contributed by atoms with Crippen molar-refractivity contribution in [2.24, 2.45) is 5.10 Å². The van der Waals surface area contributed by atoms with Crippen LogP contribution in [0.5, 0.6) is 5.75 Å². The van der Waals surface area contributed by atoms with E-state index in [0.717, 1.165) is 33.2 Å². The average molecular weight is 537 g/mol. The fourth-order valence-corrected chi connectivity index (χ4v) is 5.31. The number of methoxy groups -OCH3 is 1. The van der Waals surface area contributed by atoms with Gasteiger partial charge < -0.3 is 9.30 Å². The molecule has 0 saturated heterocycles. The van der Waals surface area contributed by atoms with Gasteiger partial charge in [-0.05, 0) is 63.2 Å². The van der Waals surface area contributed by atoms with Crippen molar-refractivity contribution in [3.05, 3.63) is 75.5 Å². The second-order valence-electron chi connectivity index (χ2n) is 7.90. The Labute approximate surface area is 215 Å². The number of aryl methyl sites for hydroxylation is 1. The Bertz CT molecular complexity index is 1370. The number of hydrazone groups is 1. The van der Waals surface area contributed by atoms with Crippen LogP contribution in [0.15, 0.2) is 53.6 Å². The van der Waals surface area contributed by atoms with E-state index in [4.69, 9.17) is 27.9 Å². The molecule has 1 atom stereocenters. The quantitative estimate of drug-likeness (QED) is 0.333. The van der Waals surface area contributed by atoms with Crippen LogP contribution in [0.2, 0.25) is 10.0 Å². The van der Waals surface area contributed by atoms with Crippen molar-refractivity contribution >= 4 is 51.0 Å². The molecule has 2 aromatic carbocycles. The zero-order chi connectivity index (χ0) is 25.9. The van der Waals surface area contributed by atoms with Crippen LogP contribution < -0.4 is 14.5 Å². The highest BCUT2D eigenvalue weighted by Crippen LogP contribution is 2.31. The van der Waals surface area contributed by atoms with Gasteiger partial charge >= 0.3 is 0 Å². The van der Waals surface area contributed by atoms with Gasteiger partial charge in [0, 0.05) is 17.0 Å². The normalized spacial score (nSPS) is 12.5. The second kappa shape index (κ2) is 10.7. The lowest BCUT2D eigenvalue weighted by molar-refractivity contribution is -0.121. The molecule has 0 aliphatic heterocycles. The number of aromatic nitrogens is 1. The summed E-state index contributed by atoms with van der Waals surface area (Å²) in [4.78, 5) is 12.8. The number of anilines is 1. The molecule has 0 fully saturated rings. The van der Waals surface area contributed by atoms with Gasteiger partial charge in [0.05, 0.1) is 41.0 Å². The van der Waals surface area contributed by atoms with Gasteiger partial charge in [-0.15, -0.1) is 0 Å². The summed E-state index contributed by atoms with van der Waals surface area (Å²) in [5.74, 6) is -0.0187. The maximum Gasteiger partial charge on any atom is 0.263 e. The molecule has 1 N–H and O–H groups in total. The van der Waals surface area contributed by atoms with Gasteiger partial charge in [0.2, 0.25) is 10.0 Å². The average Bonchev–Trinajstić information content (AvgIpc) is 3.08. The van der Waals surface area contributed by atoms with Crippen LogP contribution in [0.4, 0.5) is 5.69 Å². The van der Waals surface area contributed by atoms with Crippen LogP contribution >= 0.6 is 23.2 Å². The number of nitrogens with zero attached hydrogens (tertiary/aromatic N) is 3. The third-order valence-electron chi connectivity index (χ3n) is 5.44. The zero-order valence-electron chi connectivity index (χ0n) is 19.9. The van der Waals surface area contributed by atoms with E-state index in [9.17, 15) is 13.2 Å². The summed E-state index contributed by atoms with van der Waals surface area (Å²) in [5, 5.41) is 4.93. The Morgan fingerprint density at radius 1 is 1.17 bits per heavy atom. The molecule has 0 aliphatic carbocycles. The molecule has 0 radical (unpaired) electrons. The maximum atomic E-state index is 12.8. The second-order valence-corrected chi connectivity index (χ2v) is 10.5. The van der Waals surface area contributed by atoms with E-state index < -0.39 is 22.0 Å². The molecular formula is C24H26Cl2N4O4S. The lowest BCUT2D eigenvalue weighted by Crippen LogP contribution is -2.46. The molecule has 186 valence electrons. The first kappa shape index (κ1) is 26.6. The number of sulfonamides is 1. The van der Waals surface area contributed by atoms with E-state index in [1.165, 1.54) is 20.2 Å². The fourth-order valence-electron chi connectivity index (χ4n) is 3.75. The monoisotopic (exact) mass is 536 g/mol. The number of nitrogens with one attached hydrogen (secondary N) is 1. The number of carbonyl (C=O) groups is 1. The van der Waals surface area contributed by atoms with Crippen LogP contribution in [0.25, 0.3) is 5.69 Å². The molecule has 1 aromatic heterocycles. The summed E-state index contributed by atoms with van der Waals surface area (Å²) in [7, 11) is -2.24. The molecule has 3 aromatic rings. The van der Waals surface area contributed by atoms with Crippen molar-refractivity contribution in [2.75, 3.05) is 17.7 Å². The number of amides is 1. The minimum absolute atomic E-state index is 0.335. The first-order valence-electron chi connectivity index (χ1n) is 10.6. The topological polar surface area (TPSA) is 93.0 Å². The highest BCUT2D eigenvalue weighted by molar-refractivity contribution is 7.92. The maximum absolute atomic E-state index is 12.8. The van der Waals surface area contributed by atoms with E-state index in [1.54, 1.807) is 30.3 Å². The summed E-state index contributed by atoms with van der Waals surface area (Å²) in [6.45, 7) is 5.30. The minimum Gasteiger partial charge on any atom is -0.497 e. The number of carbonyl (C=O) groups excluding carboxylic acids is 1. The van der Waals surface area contributed by atoms with Crippen molar-refractivity contribution in [3.8, 4) is 11.4 Å². The molecule has 1 amide bonds. The summed E-state index contributed by atoms with van der Waals surface area (Å²) in [5.41, 5.74) is 5.99. The smallest absolute Gasteiger partial charge is 0.263 e. The number of hydrogen-bond donors (Lipinski definition) is 1. The van der Waals surface area contributed by atoms with Crippen molar-refractivity contribution < 1.29 is 17.9 Å². The summed E-state index contributed by atoms with van der Waals surface area (Å²) in [6, 6.07) is 12.6. The summed E-state index contributed by atoms with van der Waals surface area (Å²) >= 11 is 12.6. The van der Waals surface area contributed by atoms with E-state index in [0.29, 0.717) is 21.5 Å². The number of hydrogen-bond acceptors (Lipinski definition) is 5. The number of halogens is 2. The van der Waals surface area contributed by atoms with Crippen molar-refractivity contribution in [1.29, 1.82) is 0 Å². The van der Waals surface area contributed by atoms with Gasteiger partial charge in [0.15, 0.2) is 0 Å². The molecule has 0 aliphatic rings. The highest BCUT2D eigenvalue weighted by atomic mass is 35.5. The third kappa shape index (κ3) is 5.80. The number of benzene rings is 2. The van der Waals surface area contributed by atoms with Gasteiger partial charge in [-0.25, -0.2) is 13.8 Å². The molecular weight excluding hydrogens is 511 g/mol. The predicted molar refractivity (Wildman–Crippen MR) is 141 cm³/mol. The fraction of sp³-hybridized carbons (Fsp3) is 0.250. The Balaban J connectivity index is 1.81. The molecule has 1 heterocycles. The Kier molecular flexibility index (Phi) is 8.15. The largest absolute Gasteiger partial charge is 0.497 e. The van der Waals surface area contributed by atoms with Crippen LogP contribution in [-0.4, -0.2) is 44.5 Å². The molecule has 35 heavy (non-hydrogen) atoms. The summed E-state index contributed by atoms with van der Waals surface area (Å²) in [6.07, 6.45) is 2.54. The third-order valence-corrected chi connectivity index (χ3v) is 7.49. The first-order valence-corrected chi connectivity index (χ1v) is 13.2. The van der Waals surface area contributed by atoms with Crippen LogP contribution in [0, 0.1) is 13.8 Å². The Morgan fingerprint density at radius 3 is 2.43 bits per heavy atom. The van der Waals surface area contributed by atoms with Gasteiger partial charge in [0.25, 0.3) is 5.91 Å². The summed E-state index contributed by atoms with van der Waals surface area (Å²) < 4.78 is 33.0. The van der Waals surface area contributed by atoms with E-state index >= 15 is 0 Å². The molecule has 0 bridgehead atoms.